The van der Waals surface area contributed by atoms with Crippen molar-refractivity contribution in [2.75, 3.05) is 0 Å². The highest BCUT2D eigenvalue weighted by molar-refractivity contribution is 5.82. The SMILES string of the molecule is C=C1CCC(C(C)(C)C)C(=O)N1. The van der Waals surface area contributed by atoms with Crippen LogP contribution in [0.15, 0.2) is 12.3 Å². The highest BCUT2D eigenvalue weighted by Crippen LogP contribution is 2.33. The van der Waals surface area contributed by atoms with Gasteiger partial charge >= 0.3 is 0 Å². The number of allylic oxidation sites excluding steroid dienone is 1. The van der Waals surface area contributed by atoms with E-state index in [1.54, 1.807) is 0 Å². The minimum atomic E-state index is 0.0742. The number of carbonyl (C=O) groups excluding carboxylic acids is 1. The van der Waals surface area contributed by atoms with Crippen LogP contribution in [-0.4, -0.2) is 5.91 Å². The Labute approximate surface area is 74.0 Å². The number of rotatable bonds is 0. The highest BCUT2D eigenvalue weighted by atomic mass is 16.2. The fourth-order valence-electron chi connectivity index (χ4n) is 1.60. The monoisotopic (exact) mass is 167 g/mol. The molecule has 1 heterocycles. The zero-order chi connectivity index (χ0) is 9.35. The summed E-state index contributed by atoms with van der Waals surface area (Å²) in [5, 5.41) is 2.80. The molecule has 0 radical (unpaired) electrons. The van der Waals surface area contributed by atoms with Crippen molar-refractivity contribution in [1.29, 1.82) is 0 Å². The first-order chi connectivity index (χ1) is 5.41. The summed E-state index contributed by atoms with van der Waals surface area (Å²) in [5.41, 5.74) is 0.936. The zero-order valence-electron chi connectivity index (χ0n) is 8.11. The summed E-state index contributed by atoms with van der Waals surface area (Å²) in [5.74, 6) is 0.279. The van der Waals surface area contributed by atoms with E-state index in [0.29, 0.717) is 0 Å². The van der Waals surface area contributed by atoms with Crippen LogP contribution in [0, 0.1) is 11.3 Å². The van der Waals surface area contributed by atoms with Crippen LogP contribution in [0.5, 0.6) is 0 Å². The summed E-state index contributed by atoms with van der Waals surface area (Å²) in [7, 11) is 0. The third-order valence-electron chi connectivity index (χ3n) is 2.40. The second kappa shape index (κ2) is 2.92. The van der Waals surface area contributed by atoms with E-state index in [1.165, 1.54) is 0 Å². The highest BCUT2D eigenvalue weighted by Gasteiger charge is 2.33. The molecule has 0 saturated carbocycles. The maximum Gasteiger partial charge on any atom is 0.227 e. The van der Waals surface area contributed by atoms with Gasteiger partial charge in [-0.1, -0.05) is 27.4 Å². The number of piperidine rings is 1. The topological polar surface area (TPSA) is 29.1 Å². The molecule has 1 saturated heterocycles. The Morgan fingerprint density at radius 3 is 2.50 bits per heavy atom. The van der Waals surface area contributed by atoms with Gasteiger partial charge in [0.15, 0.2) is 0 Å². The molecule has 68 valence electrons. The molecular formula is C10H17NO. The van der Waals surface area contributed by atoms with Gasteiger partial charge in [0.25, 0.3) is 0 Å². The van der Waals surface area contributed by atoms with Gasteiger partial charge in [-0.25, -0.2) is 0 Å². The smallest absolute Gasteiger partial charge is 0.227 e. The average Bonchev–Trinajstić information content (AvgIpc) is 1.83. The van der Waals surface area contributed by atoms with E-state index in [9.17, 15) is 4.79 Å². The summed E-state index contributed by atoms with van der Waals surface area (Å²) in [4.78, 5) is 11.5. The Kier molecular flexibility index (Phi) is 2.27. The van der Waals surface area contributed by atoms with Crippen LogP contribution in [0.4, 0.5) is 0 Å². The summed E-state index contributed by atoms with van der Waals surface area (Å²) in [6.07, 6.45) is 1.86. The van der Waals surface area contributed by atoms with Crippen LogP contribution >= 0.6 is 0 Å². The minimum absolute atomic E-state index is 0.0742. The van der Waals surface area contributed by atoms with Crippen LogP contribution in [-0.2, 0) is 4.79 Å². The van der Waals surface area contributed by atoms with Gasteiger partial charge in [0.05, 0.1) is 0 Å². The normalized spacial score (nSPS) is 25.4. The molecule has 12 heavy (non-hydrogen) atoms. The summed E-state index contributed by atoms with van der Waals surface area (Å²) < 4.78 is 0. The largest absolute Gasteiger partial charge is 0.330 e. The molecule has 1 fully saturated rings. The molecule has 1 aliphatic heterocycles. The van der Waals surface area contributed by atoms with Crippen molar-refractivity contribution in [1.82, 2.24) is 5.32 Å². The second-order valence-electron chi connectivity index (χ2n) is 4.55. The summed E-state index contributed by atoms with van der Waals surface area (Å²) in [6, 6.07) is 0. The van der Waals surface area contributed by atoms with Crippen molar-refractivity contribution in [3.8, 4) is 0 Å². The van der Waals surface area contributed by atoms with E-state index in [4.69, 9.17) is 0 Å². The Hall–Kier alpha value is -0.790. The van der Waals surface area contributed by atoms with Crippen molar-refractivity contribution < 1.29 is 4.79 Å². The first kappa shape index (κ1) is 9.30. The number of nitrogens with one attached hydrogen (secondary N) is 1. The lowest BCUT2D eigenvalue weighted by Crippen LogP contribution is -2.41. The third-order valence-corrected chi connectivity index (χ3v) is 2.40. The molecule has 0 spiro atoms. The van der Waals surface area contributed by atoms with Crippen LogP contribution in [0.3, 0.4) is 0 Å². The van der Waals surface area contributed by atoms with Gasteiger partial charge in [-0.15, -0.1) is 0 Å². The summed E-state index contributed by atoms with van der Waals surface area (Å²) >= 11 is 0. The van der Waals surface area contributed by atoms with E-state index >= 15 is 0 Å². The fourth-order valence-corrected chi connectivity index (χ4v) is 1.60. The van der Waals surface area contributed by atoms with Crippen LogP contribution in [0.25, 0.3) is 0 Å². The molecule has 0 aliphatic carbocycles. The van der Waals surface area contributed by atoms with Crippen LogP contribution in [0.1, 0.15) is 33.6 Å². The maximum absolute atomic E-state index is 11.5. The van der Waals surface area contributed by atoms with Gasteiger partial charge in [-0.05, 0) is 18.3 Å². The predicted octanol–water partition coefficient (Wildman–Crippen LogP) is 2.07. The van der Waals surface area contributed by atoms with E-state index in [2.05, 4.69) is 32.7 Å². The number of hydrogen-bond donors (Lipinski definition) is 1. The van der Waals surface area contributed by atoms with Crippen molar-refractivity contribution in [2.24, 2.45) is 11.3 Å². The maximum atomic E-state index is 11.5. The lowest BCUT2D eigenvalue weighted by atomic mass is 9.76. The van der Waals surface area contributed by atoms with Crippen molar-refractivity contribution in [3.63, 3.8) is 0 Å². The van der Waals surface area contributed by atoms with Gasteiger partial charge in [0, 0.05) is 11.6 Å². The number of amides is 1. The Balaban J connectivity index is 2.69. The Morgan fingerprint density at radius 2 is 2.08 bits per heavy atom. The molecule has 1 N–H and O–H groups in total. The molecule has 0 aromatic rings. The zero-order valence-corrected chi connectivity index (χ0v) is 8.11. The van der Waals surface area contributed by atoms with E-state index in [0.717, 1.165) is 18.5 Å². The van der Waals surface area contributed by atoms with Gasteiger partial charge in [0.2, 0.25) is 5.91 Å². The Morgan fingerprint density at radius 1 is 1.50 bits per heavy atom. The molecule has 0 bridgehead atoms. The van der Waals surface area contributed by atoms with Gasteiger partial charge < -0.3 is 5.32 Å². The Bertz CT molecular complexity index is 212. The molecule has 1 amide bonds. The van der Waals surface area contributed by atoms with Crippen molar-refractivity contribution in [2.45, 2.75) is 33.6 Å². The van der Waals surface area contributed by atoms with Crippen molar-refractivity contribution in [3.05, 3.63) is 12.3 Å². The van der Waals surface area contributed by atoms with Gasteiger partial charge in [-0.2, -0.15) is 0 Å². The molecular weight excluding hydrogens is 150 g/mol. The van der Waals surface area contributed by atoms with Crippen LogP contribution in [0.2, 0.25) is 0 Å². The molecule has 1 rings (SSSR count). The molecule has 1 unspecified atom stereocenters. The molecule has 1 atom stereocenters. The molecule has 2 nitrogen and oxygen atoms in total. The lowest BCUT2D eigenvalue weighted by Gasteiger charge is -2.33. The third kappa shape index (κ3) is 1.87. The quantitative estimate of drug-likeness (QED) is 0.588. The molecule has 0 aromatic heterocycles. The number of hydrogen-bond acceptors (Lipinski definition) is 1. The number of carbonyl (C=O) groups is 1. The first-order valence-corrected chi connectivity index (χ1v) is 4.40. The van der Waals surface area contributed by atoms with E-state index in [-0.39, 0.29) is 17.2 Å². The van der Waals surface area contributed by atoms with Gasteiger partial charge in [-0.3, -0.25) is 4.79 Å². The van der Waals surface area contributed by atoms with E-state index in [1.807, 2.05) is 0 Å². The molecule has 1 aliphatic rings. The van der Waals surface area contributed by atoms with Crippen LogP contribution < -0.4 is 5.32 Å². The second-order valence-corrected chi connectivity index (χ2v) is 4.55. The van der Waals surface area contributed by atoms with Gasteiger partial charge in [0.1, 0.15) is 0 Å². The predicted molar refractivity (Wildman–Crippen MR) is 49.5 cm³/mol. The molecule has 2 heteroatoms. The van der Waals surface area contributed by atoms with E-state index < -0.39 is 0 Å². The standard InChI is InChI=1S/C10H17NO/c1-7-5-6-8(9(12)11-7)10(2,3)4/h8H,1,5-6H2,2-4H3,(H,11,12). The molecule has 0 aromatic carbocycles. The first-order valence-electron chi connectivity index (χ1n) is 4.40. The minimum Gasteiger partial charge on any atom is -0.330 e. The fraction of sp³-hybridized carbons (Fsp3) is 0.700. The average molecular weight is 167 g/mol. The van der Waals surface area contributed by atoms with Crippen molar-refractivity contribution >= 4 is 5.91 Å². The lowest BCUT2D eigenvalue weighted by molar-refractivity contribution is -0.129. The summed E-state index contributed by atoms with van der Waals surface area (Å²) in [6.45, 7) is 10.1.